The van der Waals surface area contributed by atoms with Gasteiger partial charge in [-0.15, -0.1) is 5.75 Å². The third kappa shape index (κ3) is 2.54. The summed E-state index contributed by atoms with van der Waals surface area (Å²) in [4.78, 5) is 11.6. The third-order valence-corrected chi connectivity index (χ3v) is 2.23. The van der Waals surface area contributed by atoms with Crippen molar-refractivity contribution in [2.75, 3.05) is 0 Å². The van der Waals surface area contributed by atoms with Crippen LogP contribution in [0.5, 0.6) is 11.5 Å². The van der Waals surface area contributed by atoms with Crippen LogP contribution in [-0.2, 0) is 0 Å². The third-order valence-electron chi connectivity index (χ3n) is 2.23. The Morgan fingerprint density at radius 1 is 1.40 bits per heavy atom. The van der Waals surface area contributed by atoms with Gasteiger partial charge in [-0.05, 0) is 26.0 Å². The largest absolute Gasteiger partial charge is 1.00 e. The quantitative estimate of drug-likeness (QED) is 0.494. The van der Waals surface area contributed by atoms with Gasteiger partial charge in [0.25, 0.3) is 0 Å². The Morgan fingerprint density at radius 2 is 2.07 bits per heavy atom. The van der Waals surface area contributed by atoms with Gasteiger partial charge in [-0.1, -0.05) is 6.07 Å². The number of hydrogen-bond donors (Lipinski definition) is 0. The van der Waals surface area contributed by atoms with E-state index in [0.29, 0.717) is 17.7 Å². The van der Waals surface area contributed by atoms with Crippen LogP contribution in [0.4, 0.5) is 0 Å². The second-order valence-electron chi connectivity index (χ2n) is 4.12. The molecule has 0 fully saturated rings. The fourth-order valence-electron chi connectivity index (χ4n) is 1.63. The summed E-state index contributed by atoms with van der Waals surface area (Å²) in [7, 11) is 0. The van der Waals surface area contributed by atoms with Crippen molar-refractivity contribution in [1.82, 2.24) is 0 Å². The Bertz CT molecular complexity index is 399. The molecule has 0 saturated heterocycles. The normalized spacial score (nSPS) is 17.3. The predicted octanol–water partition coefficient (Wildman–Crippen LogP) is -1.49. The summed E-state index contributed by atoms with van der Waals surface area (Å²) < 4.78 is 5.55. The number of carbonyl (C=O) groups is 1. The van der Waals surface area contributed by atoms with Crippen LogP contribution in [-0.4, -0.2) is 11.4 Å². The van der Waals surface area contributed by atoms with Gasteiger partial charge >= 0.3 is 29.6 Å². The molecule has 1 aliphatic rings. The van der Waals surface area contributed by atoms with Crippen molar-refractivity contribution < 1.29 is 44.2 Å². The molecule has 0 aromatic heterocycles. The Labute approximate surface area is 111 Å². The Kier molecular flexibility index (Phi) is 3.48. The van der Waals surface area contributed by atoms with E-state index in [2.05, 4.69) is 0 Å². The van der Waals surface area contributed by atoms with Crippen molar-refractivity contribution in [2.45, 2.75) is 25.9 Å². The second kappa shape index (κ2) is 4.16. The van der Waals surface area contributed by atoms with E-state index < -0.39 is 5.60 Å². The van der Waals surface area contributed by atoms with Crippen molar-refractivity contribution in [3.05, 3.63) is 23.8 Å². The van der Waals surface area contributed by atoms with E-state index >= 15 is 0 Å². The molecule has 0 N–H and O–H groups in total. The smallest absolute Gasteiger partial charge is 0.872 e. The van der Waals surface area contributed by atoms with Crippen molar-refractivity contribution >= 4 is 5.78 Å². The number of ketones is 1. The van der Waals surface area contributed by atoms with E-state index in [1.165, 1.54) is 18.2 Å². The van der Waals surface area contributed by atoms with Gasteiger partial charge in [0.1, 0.15) is 11.4 Å². The van der Waals surface area contributed by atoms with Crippen LogP contribution in [0.15, 0.2) is 18.2 Å². The van der Waals surface area contributed by atoms with Gasteiger partial charge in [-0.3, -0.25) is 4.79 Å². The monoisotopic (exact) mass is 214 g/mol. The molecule has 0 unspecified atom stereocenters. The molecule has 0 saturated carbocycles. The fraction of sp³-hybridized carbons (Fsp3) is 0.364. The number of carbonyl (C=O) groups excluding carboxylic acids is 1. The maximum absolute atomic E-state index is 11.6. The second-order valence-corrected chi connectivity index (χ2v) is 4.12. The summed E-state index contributed by atoms with van der Waals surface area (Å²) in [5, 5.41) is 11.1. The van der Waals surface area contributed by atoms with E-state index in [1.54, 1.807) is 0 Å². The van der Waals surface area contributed by atoms with Crippen molar-refractivity contribution in [3.63, 3.8) is 0 Å². The van der Waals surface area contributed by atoms with Crippen molar-refractivity contribution in [2.24, 2.45) is 0 Å². The van der Waals surface area contributed by atoms with Crippen LogP contribution in [0.1, 0.15) is 30.6 Å². The van der Waals surface area contributed by atoms with Crippen LogP contribution < -0.4 is 39.4 Å². The first kappa shape index (κ1) is 12.6. The molecule has 1 aromatic rings. The van der Waals surface area contributed by atoms with E-state index in [-0.39, 0.29) is 41.1 Å². The van der Waals surface area contributed by atoms with Gasteiger partial charge in [-0.25, -0.2) is 0 Å². The first-order valence-electron chi connectivity index (χ1n) is 4.51. The van der Waals surface area contributed by atoms with Gasteiger partial charge in [0.2, 0.25) is 0 Å². The summed E-state index contributed by atoms with van der Waals surface area (Å²) in [6.45, 7) is 3.68. The summed E-state index contributed by atoms with van der Waals surface area (Å²) in [5.74, 6) is 0.323. The minimum absolute atomic E-state index is 0. The number of rotatable bonds is 0. The minimum Gasteiger partial charge on any atom is -0.872 e. The van der Waals surface area contributed by atoms with Crippen LogP contribution >= 0.6 is 0 Å². The Hall–Kier alpha value is -0.510. The molecule has 0 amide bonds. The maximum atomic E-state index is 11.6. The first-order chi connectivity index (χ1) is 6.48. The number of hydrogen-bond acceptors (Lipinski definition) is 3. The van der Waals surface area contributed by atoms with Gasteiger partial charge in [-0.2, -0.15) is 0 Å². The zero-order valence-corrected chi connectivity index (χ0v) is 11.2. The number of fused-ring (bicyclic) bond motifs is 1. The zero-order chi connectivity index (χ0) is 10.3. The first-order valence-corrected chi connectivity index (χ1v) is 4.51. The topological polar surface area (TPSA) is 49.4 Å². The predicted molar refractivity (Wildman–Crippen MR) is 49.5 cm³/mol. The molecular formula is C11H11NaO3. The Balaban J connectivity index is 0.00000112. The maximum Gasteiger partial charge on any atom is 1.00 e. The summed E-state index contributed by atoms with van der Waals surface area (Å²) in [6, 6.07) is 4.29. The van der Waals surface area contributed by atoms with Gasteiger partial charge in [0, 0.05) is 0 Å². The molecule has 74 valence electrons. The zero-order valence-electron chi connectivity index (χ0n) is 9.16. The van der Waals surface area contributed by atoms with Gasteiger partial charge in [0.05, 0.1) is 12.0 Å². The summed E-state index contributed by atoms with van der Waals surface area (Å²) >= 11 is 0. The molecule has 3 nitrogen and oxygen atoms in total. The molecule has 2 rings (SSSR count). The number of ether oxygens (including phenoxy) is 1. The molecular weight excluding hydrogens is 203 g/mol. The van der Waals surface area contributed by atoms with Gasteiger partial charge in [0.15, 0.2) is 5.78 Å². The van der Waals surface area contributed by atoms with E-state index in [4.69, 9.17) is 4.74 Å². The number of benzene rings is 1. The molecule has 0 radical (unpaired) electrons. The average Bonchev–Trinajstić information content (AvgIpc) is 2.00. The molecule has 15 heavy (non-hydrogen) atoms. The molecule has 1 heterocycles. The van der Waals surface area contributed by atoms with Crippen molar-refractivity contribution in [3.8, 4) is 11.5 Å². The summed E-state index contributed by atoms with van der Waals surface area (Å²) in [6.07, 6.45) is 0.359. The molecule has 1 aromatic carbocycles. The number of Topliss-reactive ketones (excluding diaryl/α,β-unsaturated/α-hetero) is 1. The summed E-state index contributed by atoms with van der Waals surface area (Å²) in [5.41, 5.74) is 0.0154. The Morgan fingerprint density at radius 3 is 2.73 bits per heavy atom. The van der Waals surface area contributed by atoms with Crippen molar-refractivity contribution in [1.29, 1.82) is 0 Å². The van der Waals surface area contributed by atoms with Gasteiger partial charge < -0.3 is 9.84 Å². The standard InChI is InChI=1S/C11H12O3.Na/c1-11(2)6-9(13)8-4-3-7(12)5-10(8)14-11;/h3-5,12H,6H2,1-2H3;/q;+1/p-1. The van der Waals surface area contributed by atoms with Crippen LogP contribution in [0, 0.1) is 0 Å². The minimum atomic E-state index is -0.502. The van der Waals surface area contributed by atoms with Crippen LogP contribution in [0.25, 0.3) is 0 Å². The average molecular weight is 214 g/mol. The van der Waals surface area contributed by atoms with E-state index in [9.17, 15) is 9.90 Å². The molecule has 0 bridgehead atoms. The molecule has 0 aliphatic carbocycles. The van der Waals surface area contributed by atoms with E-state index in [1.807, 2.05) is 13.8 Å². The molecule has 0 spiro atoms. The van der Waals surface area contributed by atoms with Crippen LogP contribution in [0.3, 0.4) is 0 Å². The molecule has 4 heteroatoms. The SMILES string of the molecule is CC1(C)CC(=O)c2ccc([O-])cc2O1.[Na+]. The fourth-order valence-corrected chi connectivity index (χ4v) is 1.63. The molecule has 1 aliphatic heterocycles. The molecule has 0 atom stereocenters. The van der Waals surface area contributed by atoms with E-state index in [0.717, 1.165) is 0 Å². The van der Waals surface area contributed by atoms with Crippen LogP contribution in [0.2, 0.25) is 0 Å².